The van der Waals surface area contributed by atoms with Crippen LogP contribution in [0.5, 0.6) is 5.88 Å². The Bertz CT molecular complexity index is 1170. The predicted molar refractivity (Wildman–Crippen MR) is 121 cm³/mol. The molecule has 34 heavy (non-hydrogen) atoms. The molecule has 4 rings (SSSR count). The largest absolute Gasteiger partial charge is 0.481 e. The molecule has 1 aliphatic carbocycles. The van der Waals surface area contributed by atoms with E-state index in [1.165, 1.54) is 7.11 Å². The van der Waals surface area contributed by atoms with Crippen LogP contribution in [0.2, 0.25) is 0 Å². The summed E-state index contributed by atoms with van der Waals surface area (Å²) < 4.78 is 10.4. The second kappa shape index (κ2) is 9.86. The topological polar surface area (TPSA) is 144 Å². The van der Waals surface area contributed by atoms with Gasteiger partial charge < -0.3 is 25.0 Å². The van der Waals surface area contributed by atoms with Gasteiger partial charge in [-0.15, -0.1) is 0 Å². The van der Waals surface area contributed by atoms with Gasteiger partial charge in [0.25, 0.3) is 5.69 Å². The Labute approximate surface area is 194 Å². The minimum atomic E-state index is -1.59. The van der Waals surface area contributed by atoms with Crippen molar-refractivity contribution < 1.29 is 29.4 Å². The Hall–Kier alpha value is -4.02. The minimum absolute atomic E-state index is 0.0708. The maximum absolute atomic E-state index is 12.3. The Balaban J connectivity index is 1.37. The molecule has 0 spiro atoms. The van der Waals surface area contributed by atoms with Crippen LogP contribution in [0.25, 0.3) is 11.1 Å². The molecule has 10 nitrogen and oxygen atoms in total. The monoisotopic (exact) mass is 465 g/mol. The SMILES string of the molecule is COc1ncc([N+](=O)[O-])cc1C(O)C(O)CNC(=O)OCC1c2ccccc2-c2ccccc21. The highest BCUT2D eigenvalue weighted by atomic mass is 16.6. The van der Waals surface area contributed by atoms with E-state index in [0.717, 1.165) is 34.5 Å². The molecule has 0 radical (unpaired) electrons. The minimum Gasteiger partial charge on any atom is -0.481 e. The molecule has 2 unspecified atom stereocenters. The maximum atomic E-state index is 12.3. The van der Waals surface area contributed by atoms with Gasteiger partial charge in [-0.05, 0) is 22.3 Å². The number of aliphatic hydroxyl groups excluding tert-OH is 2. The molecule has 1 heterocycles. The van der Waals surface area contributed by atoms with Crippen LogP contribution >= 0.6 is 0 Å². The number of ether oxygens (including phenoxy) is 2. The number of nitro groups is 1. The third kappa shape index (κ3) is 4.54. The van der Waals surface area contributed by atoms with Crippen LogP contribution in [-0.4, -0.2) is 52.6 Å². The number of nitrogens with one attached hydrogen (secondary N) is 1. The lowest BCUT2D eigenvalue weighted by Crippen LogP contribution is -2.36. The molecule has 0 fully saturated rings. The lowest BCUT2D eigenvalue weighted by molar-refractivity contribution is -0.385. The summed E-state index contributed by atoms with van der Waals surface area (Å²) in [4.78, 5) is 26.4. The number of nitrogens with zero attached hydrogens (tertiary/aromatic N) is 2. The van der Waals surface area contributed by atoms with E-state index in [4.69, 9.17) is 9.47 Å². The van der Waals surface area contributed by atoms with Gasteiger partial charge in [0.15, 0.2) is 0 Å². The van der Waals surface area contributed by atoms with Crippen molar-refractivity contribution in [1.29, 1.82) is 0 Å². The standard InChI is InChI=1S/C24H23N3O7/c1-33-23-19(10-14(11-25-23)27(31)32)22(29)21(28)12-26-24(30)34-13-20-17-8-4-2-6-15(17)16-7-3-5-9-18(16)20/h2-11,20-22,28-29H,12-13H2,1H3,(H,26,30). The van der Waals surface area contributed by atoms with Gasteiger partial charge in [0.1, 0.15) is 25.0 Å². The summed E-state index contributed by atoms with van der Waals surface area (Å²) >= 11 is 0. The van der Waals surface area contributed by atoms with E-state index in [-0.39, 0.29) is 36.2 Å². The second-order valence-corrected chi connectivity index (χ2v) is 7.77. The molecule has 3 aromatic rings. The molecule has 0 saturated heterocycles. The Morgan fingerprint density at radius 3 is 2.35 bits per heavy atom. The number of amides is 1. The molecule has 1 aliphatic rings. The zero-order valence-electron chi connectivity index (χ0n) is 18.2. The highest BCUT2D eigenvalue weighted by Crippen LogP contribution is 2.44. The number of hydrogen-bond acceptors (Lipinski definition) is 8. The first-order valence-electron chi connectivity index (χ1n) is 10.5. The number of hydrogen-bond donors (Lipinski definition) is 3. The summed E-state index contributed by atoms with van der Waals surface area (Å²) in [6.45, 7) is -0.259. The van der Waals surface area contributed by atoms with E-state index in [1.54, 1.807) is 0 Å². The first-order chi connectivity index (χ1) is 16.4. The van der Waals surface area contributed by atoms with Crippen molar-refractivity contribution in [2.24, 2.45) is 0 Å². The lowest BCUT2D eigenvalue weighted by Gasteiger charge is -2.20. The van der Waals surface area contributed by atoms with Crippen LogP contribution in [0.4, 0.5) is 10.5 Å². The van der Waals surface area contributed by atoms with E-state index >= 15 is 0 Å². The van der Waals surface area contributed by atoms with Crippen LogP contribution in [0.1, 0.15) is 28.7 Å². The van der Waals surface area contributed by atoms with Gasteiger partial charge in [-0.1, -0.05) is 48.5 Å². The Kier molecular flexibility index (Phi) is 6.71. The van der Waals surface area contributed by atoms with Gasteiger partial charge in [0.05, 0.1) is 17.6 Å². The van der Waals surface area contributed by atoms with Crippen LogP contribution in [0, 0.1) is 10.1 Å². The zero-order chi connectivity index (χ0) is 24.2. The van der Waals surface area contributed by atoms with Crippen LogP contribution in [-0.2, 0) is 4.74 Å². The number of pyridine rings is 1. The fourth-order valence-electron chi connectivity index (χ4n) is 4.10. The van der Waals surface area contributed by atoms with Gasteiger partial charge >= 0.3 is 6.09 Å². The molecule has 1 amide bonds. The molecular formula is C24H23N3O7. The number of carbonyl (C=O) groups excluding carboxylic acids is 1. The molecule has 3 N–H and O–H groups in total. The van der Waals surface area contributed by atoms with E-state index in [1.807, 2.05) is 48.5 Å². The fraction of sp³-hybridized carbons (Fsp3) is 0.250. The van der Waals surface area contributed by atoms with Crippen molar-refractivity contribution in [2.45, 2.75) is 18.1 Å². The zero-order valence-corrected chi connectivity index (χ0v) is 18.2. The maximum Gasteiger partial charge on any atom is 0.407 e. The molecule has 1 aromatic heterocycles. The van der Waals surface area contributed by atoms with Crippen molar-refractivity contribution in [3.8, 4) is 17.0 Å². The van der Waals surface area contributed by atoms with E-state index in [2.05, 4.69) is 10.3 Å². The molecule has 0 saturated carbocycles. The Morgan fingerprint density at radius 2 is 1.76 bits per heavy atom. The average Bonchev–Trinajstić information content (AvgIpc) is 3.18. The first-order valence-corrected chi connectivity index (χ1v) is 10.5. The molecule has 0 aliphatic heterocycles. The third-order valence-electron chi connectivity index (χ3n) is 5.75. The summed E-state index contributed by atoms with van der Waals surface area (Å²) in [5.74, 6) is -0.188. The van der Waals surface area contributed by atoms with Crippen molar-refractivity contribution in [2.75, 3.05) is 20.3 Å². The highest BCUT2D eigenvalue weighted by molar-refractivity contribution is 5.79. The number of aromatic nitrogens is 1. The number of benzene rings is 2. The van der Waals surface area contributed by atoms with Crippen molar-refractivity contribution in [3.63, 3.8) is 0 Å². The quantitative estimate of drug-likeness (QED) is 0.340. The summed E-state index contributed by atoms with van der Waals surface area (Å²) in [5, 5.41) is 34.2. The molecule has 0 bridgehead atoms. The summed E-state index contributed by atoms with van der Waals surface area (Å²) in [5.41, 5.74) is 3.90. The first kappa shape index (κ1) is 23.1. The van der Waals surface area contributed by atoms with Crippen LogP contribution < -0.4 is 10.1 Å². The van der Waals surface area contributed by atoms with Crippen LogP contribution in [0.15, 0.2) is 60.8 Å². The fourth-order valence-corrected chi connectivity index (χ4v) is 4.10. The van der Waals surface area contributed by atoms with E-state index < -0.39 is 23.2 Å². The Morgan fingerprint density at radius 1 is 1.15 bits per heavy atom. The summed E-state index contributed by atoms with van der Waals surface area (Å²) in [6, 6.07) is 16.9. The predicted octanol–water partition coefficient (Wildman–Crippen LogP) is 2.93. The van der Waals surface area contributed by atoms with Crippen LogP contribution in [0.3, 0.4) is 0 Å². The summed E-state index contributed by atoms with van der Waals surface area (Å²) in [7, 11) is 1.28. The van der Waals surface area contributed by atoms with E-state index in [0.29, 0.717) is 0 Å². The number of fused-ring (bicyclic) bond motifs is 3. The second-order valence-electron chi connectivity index (χ2n) is 7.77. The van der Waals surface area contributed by atoms with Gasteiger partial charge in [-0.25, -0.2) is 9.78 Å². The third-order valence-corrected chi connectivity index (χ3v) is 5.75. The van der Waals surface area contributed by atoms with Gasteiger partial charge in [-0.2, -0.15) is 0 Å². The van der Waals surface area contributed by atoms with E-state index in [9.17, 15) is 25.1 Å². The number of rotatable bonds is 8. The molecule has 2 atom stereocenters. The number of methoxy groups -OCH3 is 1. The number of alkyl carbamates (subject to hydrolysis) is 1. The summed E-state index contributed by atoms with van der Waals surface area (Å²) in [6.07, 6.45) is -2.86. The van der Waals surface area contributed by atoms with Gasteiger partial charge in [0.2, 0.25) is 5.88 Å². The smallest absolute Gasteiger partial charge is 0.407 e. The molecule has 10 heteroatoms. The number of carbonyl (C=O) groups is 1. The van der Waals surface area contributed by atoms with Gasteiger partial charge in [0, 0.05) is 18.5 Å². The highest BCUT2D eigenvalue weighted by Gasteiger charge is 2.30. The lowest BCUT2D eigenvalue weighted by atomic mass is 9.98. The molecule has 2 aromatic carbocycles. The van der Waals surface area contributed by atoms with Crippen molar-refractivity contribution >= 4 is 11.8 Å². The van der Waals surface area contributed by atoms with Crippen molar-refractivity contribution in [1.82, 2.24) is 10.3 Å². The normalized spacial score (nSPS) is 14.0. The van der Waals surface area contributed by atoms with Gasteiger partial charge in [-0.3, -0.25) is 10.1 Å². The average molecular weight is 465 g/mol. The molecular weight excluding hydrogens is 442 g/mol. The molecule has 176 valence electrons. The number of aliphatic hydroxyl groups is 2. The van der Waals surface area contributed by atoms with Crippen molar-refractivity contribution in [3.05, 3.63) is 87.6 Å².